The number of benzene rings is 1. The average Bonchev–Trinajstić information content (AvgIpc) is 2.60. The lowest BCUT2D eigenvalue weighted by Gasteiger charge is -2.51. The van der Waals surface area contributed by atoms with Crippen LogP contribution in [0.1, 0.15) is 30.0 Å². The van der Waals surface area contributed by atoms with Gasteiger partial charge in [0.25, 0.3) is 0 Å². The summed E-state index contributed by atoms with van der Waals surface area (Å²) >= 11 is 0. The van der Waals surface area contributed by atoms with Crippen molar-refractivity contribution in [3.63, 3.8) is 0 Å². The summed E-state index contributed by atoms with van der Waals surface area (Å²) in [7, 11) is 6.17. The summed E-state index contributed by atoms with van der Waals surface area (Å²) in [4.78, 5) is 19.9. The van der Waals surface area contributed by atoms with E-state index in [1.165, 1.54) is 5.56 Å². The molecule has 0 radical (unpaired) electrons. The Labute approximate surface area is 151 Å². The molecule has 2 aliphatic heterocycles. The van der Waals surface area contributed by atoms with E-state index in [1.807, 2.05) is 19.0 Å². The number of amides is 1. The predicted molar refractivity (Wildman–Crippen MR) is 99.6 cm³/mol. The van der Waals surface area contributed by atoms with E-state index >= 15 is 0 Å². The molecule has 2 heterocycles. The second-order valence-corrected chi connectivity index (χ2v) is 7.79. The molecule has 2 saturated heterocycles. The molecule has 2 aliphatic rings. The molecule has 0 aromatic heterocycles. The number of ether oxygens (including phenoxy) is 1. The number of nitrogens with zero attached hydrogens (tertiary/aromatic N) is 3. The van der Waals surface area contributed by atoms with Gasteiger partial charge in [-0.15, -0.1) is 0 Å². The number of carbonyl (C=O) groups excluding carboxylic acids is 1. The zero-order chi connectivity index (χ0) is 18.0. The van der Waals surface area contributed by atoms with Gasteiger partial charge in [0.1, 0.15) is 6.04 Å². The monoisotopic (exact) mass is 345 g/mol. The van der Waals surface area contributed by atoms with Crippen LogP contribution >= 0.6 is 0 Å². The number of aryl methyl sites for hydroxylation is 1. The molecule has 1 aromatic carbocycles. The van der Waals surface area contributed by atoms with Crippen molar-refractivity contribution in [2.45, 2.75) is 31.3 Å². The Hall–Kier alpha value is -1.43. The van der Waals surface area contributed by atoms with E-state index in [2.05, 4.69) is 48.0 Å². The summed E-state index contributed by atoms with van der Waals surface area (Å²) in [5.41, 5.74) is 2.37. The zero-order valence-electron chi connectivity index (χ0n) is 16.0. The molecule has 5 heteroatoms. The molecule has 25 heavy (non-hydrogen) atoms. The van der Waals surface area contributed by atoms with Gasteiger partial charge in [0.05, 0.1) is 0 Å². The number of likely N-dealkylation sites (N-methyl/N-ethyl adjacent to an activating group) is 2. The number of piperazine rings is 1. The molecule has 1 amide bonds. The van der Waals surface area contributed by atoms with Gasteiger partial charge in [-0.25, -0.2) is 0 Å². The van der Waals surface area contributed by atoms with Gasteiger partial charge in [0, 0.05) is 38.4 Å². The van der Waals surface area contributed by atoms with Crippen LogP contribution in [0.2, 0.25) is 0 Å². The number of hydrogen-bond donors (Lipinski definition) is 0. The number of rotatable bonds is 3. The molecular weight excluding hydrogens is 314 g/mol. The Kier molecular flexibility index (Phi) is 5.46. The van der Waals surface area contributed by atoms with E-state index in [9.17, 15) is 4.79 Å². The highest BCUT2D eigenvalue weighted by atomic mass is 16.5. The van der Waals surface area contributed by atoms with Crippen LogP contribution in [0.5, 0.6) is 0 Å². The molecular formula is C20H31N3O2. The van der Waals surface area contributed by atoms with Gasteiger partial charge in [-0.05, 0) is 46.5 Å². The summed E-state index contributed by atoms with van der Waals surface area (Å²) < 4.78 is 5.57. The molecule has 3 rings (SSSR count). The van der Waals surface area contributed by atoms with E-state index in [4.69, 9.17) is 4.74 Å². The van der Waals surface area contributed by atoms with Crippen molar-refractivity contribution in [1.82, 2.24) is 14.7 Å². The third-order valence-corrected chi connectivity index (χ3v) is 5.88. The number of hydrogen-bond acceptors (Lipinski definition) is 4. The van der Waals surface area contributed by atoms with Crippen molar-refractivity contribution in [3.05, 3.63) is 35.4 Å². The third kappa shape index (κ3) is 3.73. The fourth-order valence-corrected chi connectivity index (χ4v) is 4.13. The van der Waals surface area contributed by atoms with Crippen molar-refractivity contribution < 1.29 is 9.53 Å². The van der Waals surface area contributed by atoms with Gasteiger partial charge in [-0.1, -0.05) is 29.8 Å². The van der Waals surface area contributed by atoms with E-state index in [0.29, 0.717) is 0 Å². The number of carbonyl (C=O) groups is 1. The molecule has 2 fully saturated rings. The minimum absolute atomic E-state index is 0.0797. The molecule has 0 bridgehead atoms. The van der Waals surface area contributed by atoms with Crippen LogP contribution in [0.25, 0.3) is 0 Å². The van der Waals surface area contributed by atoms with E-state index in [-0.39, 0.29) is 17.5 Å². The first-order valence-electron chi connectivity index (χ1n) is 9.24. The van der Waals surface area contributed by atoms with Gasteiger partial charge >= 0.3 is 0 Å². The average molecular weight is 345 g/mol. The van der Waals surface area contributed by atoms with Crippen LogP contribution in [-0.4, -0.2) is 80.1 Å². The summed E-state index contributed by atoms with van der Waals surface area (Å²) in [5, 5.41) is 0. The Bertz CT molecular complexity index is 593. The SMILES string of the molecule is Cc1ccc(C(C(=O)N2CCN(C)C3(CCOCC3)C2)N(C)C)cc1. The highest BCUT2D eigenvalue weighted by Gasteiger charge is 2.43. The summed E-state index contributed by atoms with van der Waals surface area (Å²) in [6.45, 7) is 6.20. The zero-order valence-corrected chi connectivity index (χ0v) is 16.0. The molecule has 1 spiro atoms. The van der Waals surface area contributed by atoms with Gasteiger partial charge in [0.15, 0.2) is 0 Å². The minimum atomic E-state index is -0.221. The van der Waals surface area contributed by atoms with Gasteiger partial charge < -0.3 is 9.64 Å². The first-order valence-corrected chi connectivity index (χ1v) is 9.24. The fourth-order valence-electron chi connectivity index (χ4n) is 4.13. The molecule has 1 unspecified atom stereocenters. The molecule has 1 atom stereocenters. The maximum absolute atomic E-state index is 13.4. The molecule has 0 N–H and O–H groups in total. The van der Waals surface area contributed by atoms with E-state index in [1.54, 1.807) is 0 Å². The Morgan fingerprint density at radius 2 is 1.80 bits per heavy atom. The largest absolute Gasteiger partial charge is 0.381 e. The van der Waals surface area contributed by atoms with E-state index in [0.717, 1.165) is 51.3 Å². The van der Waals surface area contributed by atoms with Crippen LogP contribution in [0.4, 0.5) is 0 Å². The summed E-state index contributed by atoms with van der Waals surface area (Å²) in [6.07, 6.45) is 2.01. The quantitative estimate of drug-likeness (QED) is 0.839. The topological polar surface area (TPSA) is 36.0 Å². The van der Waals surface area contributed by atoms with Gasteiger partial charge in [-0.3, -0.25) is 14.6 Å². The van der Waals surface area contributed by atoms with Crippen LogP contribution in [0, 0.1) is 6.92 Å². The molecule has 138 valence electrons. The highest BCUT2D eigenvalue weighted by molar-refractivity contribution is 5.83. The van der Waals surface area contributed by atoms with Crippen LogP contribution < -0.4 is 0 Å². The standard InChI is InChI=1S/C20H31N3O2/c1-16-5-7-17(8-6-16)18(21(2)3)19(24)23-12-11-22(4)20(15-23)9-13-25-14-10-20/h5-8,18H,9-15H2,1-4H3. The molecule has 0 saturated carbocycles. The van der Waals surface area contributed by atoms with Crippen LogP contribution in [0.15, 0.2) is 24.3 Å². The van der Waals surface area contributed by atoms with Crippen LogP contribution in [-0.2, 0) is 9.53 Å². The molecule has 5 nitrogen and oxygen atoms in total. The van der Waals surface area contributed by atoms with Crippen molar-refractivity contribution in [1.29, 1.82) is 0 Å². The van der Waals surface area contributed by atoms with Crippen molar-refractivity contribution >= 4 is 5.91 Å². The minimum Gasteiger partial charge on any atom is -0.381 e. The molecule has 0 aliphatic carbocycles. The van der Waals surface area contributed by atoms with Gasteiger partial charge in [-0.2, -0.15) is 0 Å². The first kappa shape index (κ1) is 18.4. The molecule has 1 aromatic rings. The predicted octanol–water partition coefficient (Wildman–Crippen LogP) is 1.92. The second-order valence-electron chi connectivity index (χ2n) is 7.79. The lowest BCUT2D eigenvalue weighted by atomic mass is 9.85. The maximum atomic E-state index is 13.4. The lowest BCUT2D eigenvalue weighted by molar-refractivity contribution is -0.144. The summed E-state index contributed by atoms with van der Waals surface area (Å²) in [6, 6.07) is 8.11. The Morgan fingerprint density at radius 1 is 1.16 bits per heavy atom. The van der Waals surface area contributed by atoms with Gasteiger partial charge in [0.2, 0.25) is 5.91 Å². The maximum Gasteiger partial charge on any atom is 0.244 e. The van der Waals surface area contributed by atoms with Crippen molar-refractivity contribution in [3.8, 4) is 0 Å². The van der Waals surface area contributed by atoms with Crippen molar-refractivity contribution in [2.24, 2.45) is 0 Å². The second kappa shape index (κ2) is 7.44. The van der Waals surface area contributed by atoms with Crippen LogP contribution in [0.3, 0.4) is 0 Å². The highest BCUT2D eigenvalue weighted by Crippen LogP contribution is 2.32. The first-order chi connectivity index (χ1) is 11.9. The summed E-state index contributed by atoms with van der Waals surface area (Å²) in [5.74, 6) is 0.216. The Morgan fingerprint density at radius 3 is 2.40 bits per heavy atom. The Balaban J connectivity index is 1.81. The third-order valence-electron chi connectivity index (χ3n) is 5.88. The van der Waals surface area contributed by atoms with Crippen molar-refractivity contribution in [2.75, 3.05) is 54.0 Å². The van der Waals surface area contributed by atoms with E-state index < -0.39 is 0 Å². The lowest BCUT2D eigenvalue weighted by Crippen LogP contribution is -2.64. The normalized spacial score (nSPS) is 22.4. The smallest absolute Gasteiger partial charge is 0.244 e. The fraction of sp³-hybridized carbons (Fsp3) is 0.650.